The molecule has 4 rings (SSSR count). The third-order valence-electron chi connectivity index (χ3n) is 6.11. The van der Waals surface area contributed by atoms with E-state index >= 15 is 0 Å². The van der Waals surface area contributed by atoms with E-state index in [0.717, 1.165) is 16.9 Å². The van der Waals surface area contributed by atoms with Crippen LogP contribution in [0.25, 0.3) is 11.0 Å². The summed E-state index contributed by atoms with van der Waals surface area (Å²) in [5, 5.41) is 8.64. The Hall–Kier alpha value is -3.68. The summed E-state index contributed by atoms with van der Waals surface area (Å²) in [5.74, 6) is 0.0761. The van der Waals surface area contributed by atoms with Crippen LogP contribution >= 0.6 is 0 Å². The van der Waals surface area contributed by atoms with Crippen molar-refractivity contribution in [3.05, 3.63) is 59.9 Å². The van der Waals surface area contributed by atoms with Gasteiger partial charge in [-0.1, -0.05) is 38.1 Å². The summed E-state index contributed by atoms with van der Waals surface area (Å²) in [7, 11) is 0. The Morgan fingerprint density at radius 1 is 1.06 bits per heavy atom. The predicted octanol–water partition coefficient (Wildman–Crippen LogP) is 3.96. The fourth-order valence-corrected chi connectivity index (χ4v) is 4.39. The maximum atomic E-state index is 13.0. The van der Waals surface area contributed by atoms with Gasteiger partial charge in [0.15, 0.2) is 0 Å². The number of nitrogens with one attached hydrogen (secondary N) is 3. The number of rotatable bonds is 7. The van der Waals surface area contributed by atoms with Crippen molar-refractivity contribution in [2.75, 3.05) is 5.32 Å². The Morgan fingerprint density at radius 3 is 2.50 bits per heavy atom. The molecule has 2 aromatic carbocycles. The summed E-state index contributed by atoms with van der Waals surface area (Å²) >= 11 is 0. The van der Waals surface area contributed by atoms with Gasteiger partial charge in [0, 0.05) is 12.5 Å². The average Bonchev–Trinajstić information content (AvgIpc) is 3.13. The molecule has 34 heavy (non-hydrogen) atoms. The van der Waals surface area contributed by atoms with Crippen molar-refractivity contribution in [2.24, 2.45) is 5.92 Å². The van der Waals surface area contributed by atoms with E-state index in [1.807, 2.05) is 38.1 Å². The first-order valence-corrected chi connectivity index (χ1v) is 11.7. The van der Waals surface area contributed by atoms with Crippen molar-refractivity contribution in [3.63, 3.8) is 0 Å². The quantitative estimate of drug-likeness (QED) is 0.495. The highest BCUT2D eigenvalue weighted by Crippen LogP contribution is 2.29. The first-order valence-electron chi connectivity index (χ1n) is 11.7. The molecule has 3 amide bonds. The van der Waals surface area contributed by atoms with E-state index in [1.165, 1.54) is 0 Å². The molecule has 0 saturated heterocycles. The Labute approximate surface area is 199 Å². The van der Waals surface area contributed by atoms with E-state index in [9.17, 15) is 14.4 Å². The standard InChI is InChI=1S/C26H31N5O3/c1-15(2)23(24-27-19-11-7-8-12-21(19)31(24)16(3)4)30-22(32)14-13-20-26(34)28-18-10-6-5-9-17(18)25(33)29-20/h5-12,15-16,20,23H,13-14H2,1-4H3,(H,28,34)(H,29,33)(H,30,32)/t20?,23-/m0/s1. The number of carbonyl (C=O) groups is 3. The fraction of sp³-hybridized carbons (Fsp3) is 0.385. The van der Waals surface area contributed by atoms with Crippen LogP contribution in [0.15, 0.2) is 48.5 Å². The Morgan fingerprint density at radius 2 is 1.76 bits per heavy atom. The predicted molar refractivity (Wildman–Crippen MR) is 131 cm³/mol. The summed E-state index contributed by atoms with van der Waals surface area (Å²) in [6.45, 7) is 8.29. The van der Waals surface area contributed by atoms with Gasteiger partial charge in [-0.05, 0) is 50.5 Å². The number of hydrogen-bond acceptors (Lipinski definition) is 4. The SMILES string of the molecule is CC(C)[C@H](NC(=O)CCC1NC(=O)c2ccccc2NC1=O)c1nc2ccccc2n1C(C)C. The smallest absolute Gasteiger partial charge is 0.254 e. The van der Waals surface area contributed by atoms with Crippen LogP contribution in [-0.2, 0) is 9.59 Å². The van der Waals surface area contributed by atoms with Gasteiger partial charge in [-0.2, -0.15) is 0 Å². The van der Waals surface area contributed by atoms with Crippen LogP contribution in [0.1, 0.15) is 68.8 Å². The molecule has 8 nitrogen and oxygen atoms in total. The van der Waals surface area contributed by atoms with Crippen LogP contribution in [0.5, 0.6) is 0 Å². The van der Waals surface area contributed by atoms with Gasteiger partial charge in [0.25, 0.3) is 5.91 Å². The molecule has 0 aliphatic carbocycles. The molecular weight excluding hydrogens is 430 g/mol. The van der Waals surface area contributed by atoms with Crippen LogP contribution in [0, 0.1) is 5.92 Å². The number of anilines is 1. The van der Waals surface area contributed by atoms with Crippen LogP contribution in [0.3, 0.4) is 0 Å². The number of amides is 3. The third kappa shape index (κ3) is 4.66. The summed E-state index contributed by atoms with van der Waals surface area (Å²) < 4.78 is 2.16. The Bertz CT molecular complexity index is 1230. The van der Waals surface area contributed by atoms with Crippen LogP contribution < -0.4 is 16.0 Å². The molecule has 1 aromatic heterocycles. The highest BCUT2D eigenvalue weighted by Gasteiger charge is 2.29. The van der Waals surface area contributed by atoms with Crippen molar-refractivity contribution in [3.8, 4) is 0 Å². The van der Waals surface area contributed by atoms with Crippen LogP contribution in [0.4, 0.5) is 5.69 Å². The molecule has 8 heteroatoms. The second-order valence-corrected chi connectivity index (χ2v) is 9.31. The zero-order chi connectivity index (χ0) is 24.4. The molecule has 178 valence electrons. The van der Waals surface area contributed by atoms with Gasteiger partial charge in [0.1, 0.15) is 11.9 Å². The summed E-state index contributed by atoms with van der Waals surface area (Å²) in [6, 6.07) is 13.9. The largest absolute Gasteiger partial charge is 0.346 e. The van der Waals surface area contributed by atoms with Crippen molar-refractivity contribution in [1.29, 1.82) is 0 Å². The number of benzene rings is 2. The van der Waals surface area contributed by atoms with Crippen molar-refractivity contribution < 1.29 is 14.4 Å². The Balaban J connectivity index is 1.48. The van der Waals surface area contributed by atoms with E-state index < -0.39 is 6.04 Å². The lowest BCUT2D eigenvalue weighted by atomic mass is 10.0. The number of imidazole rings is 1. The van der Waals surface area contributed by atoms with Gasteiger partial charge in [-0.3, -0.25) is 14.4 Å². The normalized spacial score (nSPS) is 16.7. The lowest BCUT2D eigenvalue weighted by Gasteiger charge is -2.25. The van der Waals surface area contributed by atoms with Crippen molar-refractivity contribution >= 4 is 34.4 Å². The van der Waals surface area contributed by atoms with E-state index in [2.05, 4.69) is 34.4 Å². The van der Waals surface area contributed by atoms with Gasteiger partial charge in [-0.15, -0.1) is 0 Å². The fourth-order valence-electron chi connectivity index (χ4n) is 4.39. The second-order valence-electron chi connectivity index (χ2n) is 9.31. The van der Waals surface area contributed by atoms with Crippen LogP contribution in [0.2, 0.25) is 0 Å². The van der Waals surface area contributed by atoms with E-state index in [0.29, 0.717) is 11.3 Å². The average molecular weight is 462 g/mol. The number of carbonyl (C=O) groups excluding carboxylic acids is 3. The minimum absolute atomic E-state index is 0.0971. The topological polar surface area (TPSA) is 105 Å². The molecule has 0 bridgehead atoms. The highest BCUT2D eigenvalue weighted by molar-refractivity contribution is 6.09. The minimum Gasteiger partial charge on any atom is -0.346 e. The molecule has 3 aromatic rings. The molecule has 0 saturated carbocycles. The molecule has 2 atom stereocenters. The molecule has 1 aliphatic heterocycles. The highest BCUT2D eigenvalue weighted by atomic mass is 16.2. The maximum absolute atomic E-state index is 13.0. The van der Waals surface area contributed by atoms with E-state index in [1.54, 1.807) is 24.3 Å². The van der Waals surface area contributed by atoms with E-state index in [4.69, 9.17) is 4.98 Å². The Kier molecular flexibility index (Phi) is 6.68. The molecule has 3 N–H and O–H groups in total. The van der Waals surface area contributed by atoms with Gasteiger partial charge in [0.05, 0.1) is 28.3 Å². The molecule has 1 unspecified atom stereocenters. The van der Waals surface area contributed by atoms with Gasteiger partial charge in [0.2, 0.25) is 11.8 Å². The zero-order valence-electron chi connectivity index (χ0n) is 20.0. The lowest BCUT2D eigenvalue weighted by molar-refractivity contribution is -0.122. The number of fused-ring (bicyclic) bond motifs is 2. The molecule has 2 heterocycles. The molecule has 0 fully saturated rings. The molecule has 0 radical (unpaired) electrons. The van der Waals surface area contributed by atoms with Gasteiger partial charge < -0.3 is 20.5 Å². The van der Waals surface area contributed by atoms with E-state index in [-0.39, 0.29) is 48.6 Å². The molecule has 1 aliphatic rings. The monoisotopic (exact) mass is 461 g/mol. The van der Waals surface area contributed by atoms with Crippen molar-refractivity contribution in [1.82, 2.24) is 20.2 Å². The first-order chi connectivity index (χ1) is 16.3. The van der Waals surface area contributed by atoms with Gasteiger partial charge >= 0.3 is 0 Å². The summed E-state index contributed by atoms with van der Waals surface area (Å²) in [4.78, 5) is 43.0. The lowest BCUT2D eigenvalue weighted by Crippen LogP contribution is -2.42. The summed E-state index contributed by atoms with van der Waals surface area (Å²) in [5.41, 5.74) is 2.81. The number of para-hydroxylation sites is 3. The second kappa shape index (κ2) is 9.67. The first kappa shape index (κ1) is 23.5. The zero-order valence-corrected chi connectivity index (χ0v) is 20.0. The number of hydrogen-bond donors (Lipinski definition) is 3. The maximum Gasteiger partial charge on any atom is 0.254 e. The molecule has 0 spiro atoms. The van der Waals surface area contributed by atoms with Crippen molar-refractivity contribution in [2.45, 2.75) is 58.7 Å². The molecular formula is C26H31N5O3. The summed E-state index contributed by atoms with van der Waals surface area (Å²) in [6.07, 6.45) is 0.294. The third-order valence-corrected chi connectivity index (χ3v) is 6.11. The van der Waals surface area contributed by atoms with Gasteiger partial charge in [-0.25, -0.2) is 4.98 Å². The minimum atomic E-state index is -0.789. The van der Waals surface area contributed by atoms with Crippen LogP contribution in [-0.4, -0.2) is 33.3 Å². The number of aromatic nitrogens is 2. The number of nitrogens with zero attached hydrogens (tertiary/aromatic N) is 2.